The van der Waals surface area contributed by atoms with Crippen molar-refractivity contribution in [2.45, 2.75) is 6.61 Å². The second-order valence-electron chi connectivity index (χ2n) is 7.93. The Morgan fingerprint density at radius 2 is 1.78 bits per heavy atom. The van der Waals surface area contributed by atoms with Gasteiger partial charge in [-0.1, -0.05) is 42.2 Å². The predicted molar refractivity (Wildman–Crippen MR) is 148 cm³/mol. The molecule has 1 aliphatic rings. The Balaban J connectivity index is 1.49. The Labute approximate surface area is 221 Å². The summed E-state index contributed by atoms with van der Waals surface area (Å²) in [7, 11) is 3.12. The van der Waals surface area contributed by atoms with Crippen LogP contribution in [0.2, 0.25) is 0 Å². The molecule has 0 saturated carbocycles. The fourth-order valence-corrected chi connectivity index (χ4v) is 4.93. The van der Waals surface area contributed by atoms with Crippen molar-refractivity contribution < 1.29 is 19.0 Å². The number of hydrogen-bond acceptors (Lipinski definition) is 8. The molecule has 8 nitrogen and oxygen atoms in total. The van der Waals surface area contributed by atoms with Crippen molar-refractivity contribution in [1.29, 1.82) is 0 Å². The lowest BCUT2D eigenvalue weighted by Gasteiger charge is -2.16. The third-order valence-electron chi connectivity index (χ3n) is 5.66. The zero-order chi connectivity index (χ0) is 25.9. The molecule has 1 N–H and O–H groups in total. The van der Waals surface area contributed by atoms with E-state index in [4.69, 9.17) is 31.4 Å². The number of amides is 1. The minimum absolute atomic E-state index is 0.00935. The number of nitrogens with zero attached hydrogens (tertiary/aromatic N) is 2. The largest absolute Gasteiger partial charge is 0.497 e. The molecule has 186 valence electrons. The van der Waals surface area contributed by atoms with Gasteiger partial charge in [-0.3, -0.25) is 14.2 Å². The predicted octanol–water partition coefficient (Wildman–Crippen LogP) is 4.47. The van der Waals surface area contributed by atoms with Gasteiger partial charge < -0.3 is 19.5 Å². The first kappa shape index (κ1) is 24.5. The molecular formula is C27H21N3O5S2. The Morgan fingerprint density at radius 3 is 2.49 bits per heavy atom. The molecule has 1 fully saturated rings. The van der Waals surface area contributed by atoms with Gasteiger partial charge in [-0.05, 0) is 60.2 Å². The smallest absolute Gasteiger partial charge is 0.266 e. The number of carbonyl (C=O) groups excluding carboxylic acids is 1. The van der Waals surface area contributed by atoms with Gasteiger partial charge in [0.15, 0.2) is 17.3 Å². The topological polar surface area (TPSA) is 91.7 Å². The van der Waals surface area contributed by atoms with Crippen LogP contribution in [-0.4, -0.2) is 34.0 Å². The zero-order valence-electron chi connectivity index (χ0n) is 19.9. The number of aromatic nitrogens is 2. The lowest BCUT2D eigenvalue weighted by molar-refractivity contribution is -0.115. The maximum Gasteiger partial charge on any atom is 0.266 e. The number of para-hydroxylation sites is 1. The van der Waals surface area contributed by atoms with Crippen molar-refractivity contribution >= 4 is 51.2 Å². The lowest BCUT2D eigenvalue weighted by Crippen LogP contribution is -2.25. The fraction of sp³-hybridized carbons (Fsp3) is 0.111. The molecule has 0 aliphatic carbocycles. The molecule has 0 atom stereocenters. The maximum absolute atomic E-state index is 13.5. The van der Waals surface area contributed by atoms with Crippen molar-refractivity contribution in [3.05, 3.63) is 93.4 Å². The quantitative estimate of drug-likeness (QED) is 0.276. The molecular weight excluding hydrogens is 510 g/mol. The van der Waals surface area contributed by atoms with Crippen LogP contribution in [0, 0.1) is 0 Å². The highest BCUT2D eigenvalue weighted by Crippen LogP contribution is 2.32. The Kier molecular flexibility index (Phi) is 6.93. The standard InChI is InChI=1S/C27H21N3O5S2/c1-33-18-10-8-17(9-11-18)30-24(28-20-6-4-3-5-19(20)26(30)32)15-35-21-12-7-16(13-22(21)34-2)14-23-25(31)29-27(36)37-23/h3-14H,15H2,1-2H3,(H,29,31,36). The van der Waals surface area contributed by atoms with Crippen LogP contribution in [0.25, 0.3) is 22.7 Å². The van der Waals surface area contributed by atoms with E-state index in [1.165, 1.54) is 23.4 Å². The molecule has 4 aromatic rings. The normalized spacial score (nSPS) is 14.2. The summed E-state index contributed by atoms with van der Waals surface area (Å²) in [5, 5.41) is 3.10. The van der Waals surface area contributed by atoms with E-state index in [9.17, 15) is 9.59 Å². The average molecular weight is 532 g/mol. The highest BCUT2D eigenvalue weighted by molar-refractivity contribution is 8.26. The van der Waals surface area contributed by atoms with Crippen LogP contribution in [-0.2, 0) is 11.4 Å². The number of thioether (sulfide) groups is 1. The van der Waals surface area contributed by atoms with Crippen LogP contribution in [0.4, 0.5) is 0 Å². The molecule has 10 heteroatoms. The average Bonchev–Trinajstić information content (AvgIpc) is 3.24. The summed E-state index contributed by atoms with van der Waals surface area (Å²) in [5.41, 5.74) is 1.77. The number of ether oxygens (including phenoxy) is 3. The third kappa shape index (κ3) is 5.07. The summed E-state index contributed by atoms with van der Waals surface area (Å²) >= 11 is 6.25. The first-order valence-electron chi connectivity index (χ1n) is 11.2. The summed E-state index contributed by atoms with van der Waals surface area (Å²) in [6, 6.07) is 19.7. The summed E-state index contributed by atoms with van der Waals surface area (Å²) in [6.07, 6.45) is 1.73. The molecule has 2 heterocycles. The molecule has 1 saturated heterocycles. The highest BCUT2D eigenvalue weighted by Gasteiger charge is 2.22. The van der Waals surface area contributed by atoms with Crippen LogP contribution in [0.3, 0.4) is 0 Å². The van der Waals surface area contributed by atoms with Crippen molar-refractivity contribution in [3.63, 3.8) is 0 Å². The lowest BCUT2D eigenvalue weighted by atomic mass is 10.2. The van der Waals surface area contributed by atoms with Gasteiger partial charge in [0, 0.05) is 0 Å². The van der Waals surface area contributed by atoms with Crippen LogP contribution in [0.5, 0.6) is 17.2 Å². The Morgan fingerprint density at radius 1 is 1.00 bits per heavy atom. The minimum Gasteiger partial charge on any atom is -0.497 e. The van der Waals surface area contributed by atoms with E-state index < -0.39 is 0 Å². The number of thiocarbonyl (C=S) groups is 1. The molecule has 0 radical (unpaired) electrons. The number of fused-ring (bicyclic) bond motifs is 1. The first-order valence-corrected chi connectivity index (χ1v) is 12.4. The zero-order valence-corrected chi connectivity index (χ0v) is 21.5. The van der Waals surface area contributed by atoms with Crippen LogP contribution in [0.15, 0.2) is 76.4 Å². The van der Waals surface area contributed by atoms with Crippen LogP contribution in [0.1, 0.15) is 11.4 Å². The van der Waals surface area contributed by atoms with Gasteiger partial charge in [0.1, 0.15) is 16.7 Å². The second-order valence-corrected chi connectivity index (χ2v) is 9.65. The number of nitrogens with one attached hydrogen (secondary N) is 1. The van der Waals surface area contributed by atoms with Crippen molar-refractivity contribution in [3.8, 4) is 22.9 Å². The molecule has 1 amide bonds. The van der Waals surface area contributed by atoms with Gasteiger partial charge in [-0.25, -0.2) is 4.98 Å². The molecule has 0 unspecified atom stereocenters. The van der Waals surface area contributed by atoms with Gasteiger partial charge in [-0.15, -0.1) is 0 Å². The van der Waals surface area contributed by atoms with E-state index in [2.05, 4.69) is 5.32 Å². The molecule has 3 aromatic carbocycles. The number of benzene rings is 3. The van der Waals surface area contributed by atoms with E-state index in [-0.39, 0.29) is 18.1 Å². The van der Waals surface area contributed by atoms with Crippen LogP contribution >= 0.6 is 24.0 Å². The van der Waals surface area contributed by atoms with Gasteiger partial charge in [0.05, 0.1) is 35.7 Å². The van der Waals surface area contributed by atoms with Crippen molar-refractivity contribution in [2.75, 3.05) is 14.2 Å². The Bertz CT molecular complexity index is 1610. The first-order chi connectivity index (χ1) is 18.0. The van der Waals surface area contributed by atoms with Gasteiger partial charge in [0.2, 0.25) is 0 Å². The van der Waals surface area contributed by atoms with E-state index >= 15 is 0 Å². The van der Waals surface area contributed by atoms with E-state index in [1.54, 1.807) is 61.7 Å². The second kappa shape index (κ2) is 10.5. The Hall–Kier alpha value is -4.15. The van der Waals surface area contributed by atoms with Crippen molar-refractivity contribution in [1.82, 2.24) is 14.9 Å². The van der Waals surface area contributed by atoms with E-state index in [0.717, 1.165) is 5.56 Å². The number of methoxy groups -OCH3 is 2. The molecule has 5 rings (SSSR count). The molecule has 1 aromatic heterocycles. The summed E-state index contributed by atoms with van der Waals surface area (Å²) in [4.78, 5) is 30.7. The summed E-state index contributed by atoms with van der Waals surface area (Å²) < 4.78 is 18.8. The monoisotopic (exact) mass is 531 g/mol. The van der Waals surface area contributed by atoms with E-state index in [1.807, 2.05) is 18.2 Å². The fourth-order valence-electron chi connectivity index (χ4n) is 3.88. The van der Waals surface area contributed by atoms with Gasteiger partial charge in [-0.2, -0.15) is 0 Å². The van der Waals surface area contributed by atoms with E-state index in [0.29, 0.717) is 48.9 Å². The van der Waals surface area contributed by atoms with Gasteiger partial charge in [0.25, 0.3) is 11.5 Å². The SMILES string of the molecule is COc1ccc(-n2c(COc3ccc(C=C4SC(=S)NC4=O)cc3OC)nc3ccccc3c2=O)cc1. The van der Waals surface area contributed by atoms with Crippen LogP contribution < -0.4 is 25.1 Å². The molecule has 37 heavy (non-hydrogen) atoms. The molecule has 0 bridgehead atoms. The number of carbonyl (C=O) groups is 1. The van der Waals surface area contributed by atoms with Crippen molar-refractivity contribution in [2.24, 2.45) is 0 Å². The summed E-state index contributed by atoms with van der Waals surface area (Å²) in [6.45, 7) is 0.00935. The molecule has 1 aliphatic heterocycles. The number of hydrogen-bond donors (Lipinski definition) is 1. The number of rotatable bonds is 7. The molecule has 0 spiro atoms. The minimum atomic E-state index is -0.229. The summed E-state index contributed by atoms with van der Waals surface area (Å²) in [5.74, 6) is 1.81. The third-order valence-corrected chi connectivity index (χ3v) is 6.82. The highest BCUT2D eigenvalue weighted by atomic mass is 32.2. The van der Waals surface area contributed by atoms with Gasteiger partial charge >= 0.3 is 0 Å². The maximum atomic E-state index is 13.5.